The van der Waals surface area contributed by atoms with Crippen LogP contribution in [0.25, 0.3) is 0 Å². The summed E-state index contributed by atoms with van der Waals surface area (Å²) >= 11 is 0. The third kappa shape index (κ3) is 8.19. The number of aliphatic hydroxyl groups is 1. The van der Waals surface area contributed by atoms with Crippen molar-refractivity contribution in [3.63, 3.8) is 0 Å². The predicted molar refractivity (Wildman–Crippen MR) is 92.2 cm³/mol. The molecule has 1 atom stereocenters. The minimum absolute atomic E-state index is 0.0666. The molecule has 0 spiro atoms. The monoisotopic (exact) mass is 353 g/mol. The molecular weight excluding hydrogens is 330 g/mol. The lowest BCUT2D eigenvalue weighted by Crippen LogP contribution is -2.24. The van der Waals surface area contributed by atoms with Crippen molar-refractivity contribution in [3.05, 3.63) is 65.7 Å². The molecule has 2 aromatic carbocycles. The average molecular weight is 353 g/mol. The van der Waals surface area contributed by atoms with Crippen LogP contribution in [0.15, 0.2) is 59.5 Å². The van der Waals surface area contributed by atoms with Gasteiger partial charge >= 0.3 is 0 Å². The maximum Gasteiger partial charge on any atom is 0.294 e. The summed E-state index contributed by atoms with van der Waals surface area (Å²) in [5.41, 5.74) is 7.28. The lowest BCUT2D eigenvalue weighted by Gasteiger charge is -2.08. The largest absolute Gasteiger partial charge is 0.389 e. The van der Waals surface area contributed by atoms with Gasteiger partial charge in [-0.25, -0.2) is 0 Å². The van der Waals surface area contributed by atoms with Crippen LogP contribution in [0, 0.1) is 6.92 Å². The third-order valence-corrected chi connectivity index (χ3v) is 3.88. The van der Waals surface area contributed by atoms with Crippen molar-refractivity contribution < 1.29 is 22.8 Å². The van der Waals surface area contributed by atoms with Crippen LogP contribution in [-0.2, 0) is 21.5 Å². The molecule has 6 nitrogen and oxygen atoms in total. The van der Waals surface area contributed by atoms with E-state index in [0.717, 1.165) is 11.1 Å². The number of nitrogens with two attached hydrogens (primary N) is 1. The van der Waals surface area contributed by atoms with Gasteiger partial charge in [0.25, 0.3) is 10.1 Å². The van der Waals surface area contributed by atoms with Gasteiger partial charge < -0.3 is 15.6 Å². The molecule has 24 heavy (non-hydrogen) atoms. The van der Waals surface area contributed by atoms with Crippen LogP contribution in [0.2, 0.25) is 0 Å². The fourth-order valence-electron chi connectivity index (χ4n) is 1.67. The highest BCUT2D eigenvalue weighted by atomic mass is 32.2. The smallest absolute Gasteiger partial charge is 0.294 e. The predicted octanol–water partition coefficient (Wildman–Crippen LogP) is 1.76. The molecule has 0 aliphatic rings. The minimum Gasteiger partial charge on any atom is -0.389 e. The van der Waals surface area contributed by atoms with Gasteiger partial charge in [-0.05, 0) is 24.6 Å². The summed E-state index contributed by atoms with van der Waals surface area (Å²) in [6.45, 7) is 2.91. The normalized spacial score (nSPS) is 12.2. The van der Waals surface area contributed by atoms with E-state index in [2.05, 4.69) is 0 Å². The highest BCUT2D eigenvalue weighted by molar-refractivity contribution is 7.85. The van der Waals surface area contributed by atoms with Crippen molar-refractivity contribution in [3.8, 4) is 0 Å². The third-order valence-electron chi connectivity index (χ3n) is 3.01. The van der Waals surface area contributed by atoms with Gasteiger partial charge in [0.05, 0.1) is 24.2 Å². The Bertz CT molecular complexity index is 687. The molecule has 0 heterocycles. The molecular formula is C17H23NO5S. The van der Waals surface area contributed by atoms with Crippen molar-refractivity contribution in [2.24, 2.45) is 5.73 Å². The van der Waals surface area contributed by atoms with Gasteiger partial charge in [0.2, 0.25) is 0 Å². The Morgan fingerprint density at radius 2 is 1.67 bits per heavy atom. The summed E-state index contributed by atoms with van der Waals surface area (Å²) in [5.74, 6) is 0. The maximum atomic E-state index is 10.5. The second-order valence-corrected chi connectivity index (χ2v) is 6.60. The Morgan fingerprint density at radius 3 is 2.17 bits per heavy atom. The lowest BCUT2D eigenvalue weighted by atomic mass is 10.2. The van der Waals surface area contributed by atoms with Crippen LogP contribution in [0.4, 0.5) is 0 Å². The van der Waals surface area contributed by atoms with E-state index in [-0.39, 0.29) is 11.4 Å². The van der Waals surface area contributed by atoms with E-state index in [1.807, 2.05) is 37.3 Å². The molecule has 0 aromatic heterocycles. The Hall–Kier alpha value is -1.77. The molecule has 0 saturated carbocycles. The van der Waals surface area contributed by atoms with E-state index in [0.29, 0.717) is 13.2 Å². The summed E-state index contributed by atoms with van der Waals surface area (Å²) in [6.07, 6.45) is -0.552. The van der Waals surface area contributed by atoms with E-state index in [1.165, 1.54) is 12.1 Å². The Morgan fingerprint density at radius 1 is 1.08 bits per heavy atom. The summed E-state index contributed by atoms with van der Waals surface area (Å²) in [7, 11) is -4.02. The van der Waals surface area contributed by atoms with Crippen molar-refractivity contribution in [2.75, 3.05) is 13.2 Å². The number of hydrogen-bond donors (Lipinski definition) is 3. The quantitative estimate of drug-likeness (QED) is 0.683. The van der Waals surface area contributed by atoms with E-state index in [9.17, 15) is 8.42 Å². The van der Waals surface area contributed by atoms with Crippen LogP contribution in [0.3, 0.4) is 0 Å². The first-order chi connectivity index (χ1) is 11.3. The van der Waals surface area contributed by atoms with Crippen molar-refractivity contribution >= 4 is 10.1 Å². The molecule has 2 rings (SSSR count). The van der Waals surface area contributed by atoms with Gasteiger partial charge in [-0.15, -0.1) is 0 Å². The van der Waals surface area contributed by atoms with Crippen molar-refractivity contribution in [1.29, 1.82) is 0 Å². The second-order valence-electron chi connectivity index (χ2n) is 5.18. The molecule has 0 amide bonds. The Labute approximate surface area is 142 Å². The number of benzene rings is 2. The summed E-state index contributed by atoms with van der Waals surface area (Å²) in [4.78, 5) is -0.0666. The van der Waals surface area contributed by atoms with E-state index < -0.39 is 16.2 Å². The van der Waals surface area contributed by atoms with Crippen LogP contribution >= 0.6 is 0 Å². The average Bonchev–Trinajstić information content (AvgIpc) is 2.56. The number of aliphatic hydroxyl groups excluding tert-OH is 1. The minimum atomic E-state index is -4.02. The molecule has 0 aliphatic carbocycles. The number of aryl methyl sites for hydroxylation is 1. The zero-order valence-corrected chi connectivity index (χ0v) is 14.3. The fraction of sp³-hybridized carbons (Fsp3) is 0.294. The second kappa shape index (κ2) is 10.2. The Kier molecular flexibility index (Phi) is 8.59. The zero-order chi connectivity index (χ0) is 18.0. The van der Waals surface area contributed by atoms with Gasteiger partial charge in [-0.2, -0.15) is 8.42 Å². The van der Waals surface area contributed by atoms with Crippen molar-refractivity contribution in [1.82, 2.24) is 0 Å². The van der Waals surface area contributed by atoms with Gasteiger partial charge in [-0.1, -0.05) is 48.0 Å². The highest BCUT2D eigenvalue weighted by Gasteiger charge is 2.06. The first kappa shape index (κ1) is 20.3. The van der Waals surface area contributed by atoms with Gasteiger partial charge in [0.1, 0.15) is 0 Å². The topological polar surface area (TPSA) is 110 Å². The molecule has 0 aliphatic heterocycles. The standard InChI is InChI=1S/C10H15NO2.C7H8O3S/c11-6-10(12)8-13-7-9-4-2-1-3-5-9;1-6-2-4-7(5-3-6)11(8,9)10/h1-5,10,12H,6-8,11H2;2-5H,1H3,(H,8,9,10). The molecule has 4 N–H and O–H groups in total. The summed E-state index contributed by atoms with van der Waals surface area (Å²) in [6, 6.07) is 15.8. The summed E-state index contributed by atoms with van der Waals surface area (Å²) in [5, 5.41) is 9.09. The van der Waals surface area contributed by atoms with Gasteiger partial charge in [-0.3, -0.25) is 4.55 Å². The molecule has 0 fully saturated rings. The van der Waals surface area contributed by atoms with Gasteiger partial charge in [0, 0.05) is 6.54 Å². The molecule has 7 heteroatoms. The molecule has 0 bridgehead atoms. The zero-order valence-electron chi connectivity index (χ0n) is 13.5. The van der Waals surface area contributed by atoms with Crippen molar-refractivity contribution in [2.45, 2.75) is 24.5 Å². The molecule has 132 valence electrons. The Balaban J connectivity index is 0.000000243. The first-order valence-corrected chi connectivity index (χ1v) is 8.81. The van der Waals surface area contributed by atoms with E-state index in [1.54, 1.807) is 12.1 Å². The number of hydrogen-bond acceptors (Lipinski definition) is 5. The molecule has 1 unspecified atom stereocenters. The van der Waals surface area contributed by atoms with Crippen LogP contribution in [0.5, 0.6) is 0 Å². The SMILES string of the molecule is Cc1ccc(S(=O)(=O)O)cc1.NCC(O)COCc1ccccc1. The fourth-order valence-corrected chi connectivity index (χ4v) is 2.15. The van der Waals surface area contributed by atoms with Gasteiger partial charge in [0.15, 0.2) is 0 Å². The molecule has 0 radical (unpaired) electrons. The molecule has 0 saturated heterocycles. The summed E-state index contributed by atoms with van der Waals surface area (Å²) < 4.78 is 34.8. The van der Waals surface area contributed by atoms with Crippen LogP contribution in [-0.4, -0.2) is 37.3 Å². The molecule has 2 aromatic rings. The number of rotatable bonds is 6. The van der Waals surface area contributed by atoms with E-state index in [4.69, 9.17) is 20.1 Å². The van der Waals surface area contributed by atoms with Crippen LogP contribution < -0.4 is 5.73 Å². The maximum absolute atomic E-state index is 10.5. The van der Waals surface area contributed by atoms with E-state index >= 15 is 0 Å². The first-order valence-electron chi connectivity index (χ1n) is 7.37. The number of ether oxygens (including phenoxy) is 1. The lowest BCUT2D eigenvalue weighted by molar-refractivity contribution is 0.0329. The van der Waals surface area contributed by atoms with Crippen LogP contribution in [0.1, 0.15) is 11.1 Å². The highest BCUT2D eigenvalue weighted by Crippen LogP contribution is 2.08.